The maximum Gasteiger partial charge on any atom is 0.239 e. The van der Waals surface area contributed by atoms with Crippen molar-refractivity contribution in [3.8, 4) is 0 Å². The van der Waals surface area contributed by atoms with Gasteiger partial charge in [-0.25, -0.2) is 0 Å². The second-order valence-corrected chi connectivity index (χ2v) is 5.98. The number of piperazine rings is 1. The van der Waals surface area contributed by atoms with E-state index >= 15 is 0 Å². The Bertz CT molecular complexity index is 313. The number of piperidine rings is 1. The summed E-state index contributed by atoms with van der Waals surface area (Å²) in [6.45, 7) is 8.05. The Balaban J connectivity index is 0.00000200. The van der Waals surface area contributed by atoms with Crippen LogP contribution < -0.4 is 5.32 Å². The third-order valence-corrected chi connectivity index (χ3v) is 4.18. The number of nitrogens with zero attached hydrogens (tertiary/aromatic N) is 2. The highest BCUT2D eigenvalue weighted by Crippen LogP contribution is 2.15. The first kappa shape index (κ1) is 20.9. The van der Waals surface area contributed by atoms with Crippen LogP contribution in [0, 0.1) is 0 Å². The minimum Gasteiger partial charge on any atom is -0.392 e. The van der Waals surface area contributed by atoms with Crippen LogP contribution in [0.5, 0.6) is 0 Å². The van der Waals surface area contributed by atoms with Crippen LogP contribution in [0.25, 0.3) is 0 Å². The van der Waals surface area contributed by atoms with E-state index in [2.05, 4.69) is 17.1 Å². The van der Waals surface area contributed by atoms with Crippen LogP contribution in [0.3, 0.4) is 0 Å². The van der Waals surface area contributed by atoms with E-state index in [-0.39, 0.29) is 42.9 Å². The van der Waals surface area contributed by atoms with E-state index in [0.717, 1.165) is 39.0 Å². The predicted molar refractivity (Wildman–Crippen MR) is 89.4 cm³/mol. The number of aliphatic hydroxyl groups excluding tert-OH is 1. The maximum atomic E-state index is 12.4. The van der Waals surface area contributed by atoms with Crippen molar-refractivity contribution in [1.29, 1.82) is 0 Å². The molecule has 0 radical (unpaired) electrons. The Hall–Kier alpha value is -0.0700. The zero-order chi connectivity index (χ0) is 13.8. The summed E-state index contributed by atoms with van der Waals surface area (Å²) in [5.74, 6) is 0.267. The van der Waals surface area contributed by atoms with Crippen molar-refractivity contribution in [2.24, 2.45) is 0 Å². The molecule has 2 rings (SSSR count). The standard InChI is InChI=1S/C14H27N3O2.2ClH/c1-11-9-17(8-7-16(11)10-12(2)18)14(19)13-5-3-4-6-15-13;;/h11-13,15,18H,3-10H2,1-2H3;2*1H/t11?,12?,13-;;/m1../s1. The van der Waals surface area contributed by atoms with Crippen molar-refractivity contribution in [3.05, 3.63) is 0 Å². The fraction of sp³-hybridized carbons (Fsp3) is 0.929. The van der Waals surface area contributed by atoms with Gasteiger partial charge in [0, 0.05) is 32.2 Å². The first-order chi connectivity index (χ1) is 9.08. The number of hydrogen-bond donors (Lipinski definition) is 2. The number of nitrogens with one attached hydrogen (secondary N) is 1. The molecule has 2 aliphatic heterocycles. The van der Waals surface area contributed by atoms with Crippen LogP contribution in [0.2, 0.25) is 0 Å². The summed E-state index contributed by atoms with van der Waals surface area (Å²) in [6.07, 6.45) is 3.01. The number of rotatable bonds is 3. The van der Waals surface area contributed by atoms with Crippen molar-refractivity contribution in [2.75, 3.05) is 32.7 Å². The summed E-state index contributed by atoms with van der Waals surface area (Å²) in [4.78, 5) is 16.7. The molecule has 0 spiro atoms. The number of hydrogen-bond acceptors (Lipinski definition) is 4. The lowest BCUT2D eigenvalue weighted by Gasteiger charge is -2.41. The molecule has 5 nitrogen and oxygen atoms in total. The smallest absolute Gasteiger partial charge is 0.239 e. The molecule has 0 aromatic carbocycles. The minimum absolute atomic E-state index is 0. The van der Waals surface area contributed by atoms with Crippen LogP contribution in [0.15, 0.2) is 0 Å². The van der Waals surface area contributed by atoms with E-state index < -0.39 is 0 Å². The lowest BCUT2D eigenvalue weighted by molar-refractivity contribution is -0.137. The highest BCUT2D eigenvalue weighted by molar-refractivity contribution is 5.85. The van der Waals surface area contributed by atoms with E-state index in [4.69, 9.17) is 0 Å². The first-order valence-corrected chi connectivity index (χ1v) is 7.52. The monoisotopic (exact) mass is 341 g/mol. The van der Waals surface area contributed by atoms with Crippen molar-refractivity contribution in [2.45, 2.75) is 51.3 Å². The molecule has 2 unspecified atom stereocenters. The molecule has 2 N–H and O–H groups in total. The molecule has 3 atom stereocenters. The molecular formula is C14H29Cl2N3O2. The molecule has 2 heterocycles. The molecule has 2 saturated heterocycles. The summed E-state index contributed by atoms with van der Waals surface area (Å²) in [5.41, 5.74) is 0. The Labute approximate surface area is 140 Å². The number of β-amino-alcohol motifs (C(OH)–C–C–N with tert-alkyl or cyclic N) is 1. The van der Waals surface area contributed by atoms with E-state index in [0.29, 0.717) is 12.6 Å². The van der Waals surface area contributed by atoms with Crippen LogP contribution in [0.4, 0.5) is 0 Å². The molecule has 21 heavy (non-hydrogen) atoms. The first-order valence-electron chi connectivity index (χ1n) is 7.52. The number of aliphatic hydroxyl groups is 1. The van der Waals surface area contributed by atoms with Gasteiger partial charge >= 0.3 is 0 Å². The molecule has 0 aromatic heterocycles. The second-order valence-electron chi connectivity index (χ2n) is 5.98. The molecule has 0 aromatic rings. The highest BCUT2D eigenvalue weighted by atomic mass is 35.5. The summed E-state index contributed by atoms with van der Waals surface area (Å²) in [5, 5.41) is 12.8. The van der Waals surface area contributed by atoms with Gasteiger partial charge in [-0.3, -0.25) is 9.69 Å². The Morgan fingerprint density at radius 3 is 2.57 bits per heavy atom. The fourth-order valence-corrected chi connectivity index (χ4v) is 3.09. The molecular weight excluding hydrogens is 313 g/mol. The molecule has 2 aliphatic rings. The molecule has 7 heteroatoms. The van der Waals surface area contributed by atoms with E-state index in [9.17, 15) is 9.90 Å². The average Bonchev–Trinajstić information content (AvgIpc) is 2.41. The summed E-state index contributed by atoms with van der Waals surface area (Å²) in [7, 11) is 0. The predicted octanol–water partition coefficient (Wildman–Crippen LogP) is 0.886. The molecule has 2 fully saturated rings. The molecule has 126 valence electrons. The molecule has 0 saturated carbocycles. The molecule has 1 amide bonds. The van der Waals surface area contributed by atoms with Gasteiger partial charge in [-0.15, -0.1) is 24.8 Å². The zero-order valence-corrected chi connectivity index (χ0v) is 14.6. The topological polar surface area (TPSA) is 55.8 Å². The molecule has 0 bridgehead atoms. The van der Waals surface area contributed by atoms with Gasteiger partial charge in [0.25, 0.3) is 0 Å². The Morgan fingerprint density at radius 2 is 2.05 bits per heavy atom. The third-order valence-electron chi connectivity index (χ3n) is 4.18. The van der Waals surface area contributed by atoms with Crippen LogP contribution in [0.1, 0.15) is 33.1 Å². The van der Waals surface area contributed by atoms with Gasteiger partial charge < -0.3 is 15.3 Å². The summed E-state index contributed by atoms with van der Waals surface area (Å²) >= 11 is 0. The number of halogens is 2. The number of carbonyl (C=O) groups excluding carboxylic acids is 1. The normalized spacial score (nSPS) is 28.2. The summed E-state index contributed by atoms with van der Waals surface area (Å²) < 4.78 is 0. The molecule has 0 aliphatic carbocycles. The van der Waals surface area contributed by atoms with Gasteiger partial charge in [-0.1, -0.05) is 6.42 Å². The Morgan fingerprint density at radius 1 is 1.33 bits per heavy atom. The third kappa shape index (κ3) is 5.91. The maximum absolute atomic E-state index is 12.4. The number of amides is 1. The van der Waals surface area contributed by atoms with Crippen molar-refractivity contribution in [1.82, 2.24) is 15.1 Å². The van der Waals surface area contributed by atoms with Gasteiger partial charge in [0.05, 0.1) is 12.1 Å². The second kappa shape index (κ2) is 9.85. The highest BCUT2D eigenvalue weighted by Gasteiger charge is 2.31. The Kier molecular flexibility index (Phi) is 9.81. The van der Waals surface area contributed by atoms with E-state index in [1.54, 1.807) is 0 Å². The number of carbonyl (C=O) groups is 1. The SMILES string of the molecule is CC(O)CN1CCN(C(=O)[C@H]2CCCCN2)CC1C.Cl.Cl. The minimum atomic E-state index is -0.301. The van der Waals surface area contributed by atoms with Gasteiger partial charge in [0.15, 0.2) is 0 Å². The van der Waals surface area contributed by atoms with Gasteiger partial charge in [-0.2, -0.15) is 0 Å². The lowest BCUT2D eigenvalue weighted by atomic mass is 10.0. The van der Waals surface area contributed by atoms with Gasteiger partial charge in [-0.05, 0) is 33.2 Å². The average molecular weight is 342 g/mol. The van der Waals surface area contributed by atoms with Crippen molar-refractivity contribution in [3.63, 3.8) is 0 Å². The van der Waals surface area contributed by atoms with E-state index in [1.807, 2.05) is 11.8 Å². The fourth-order valence-electron chi connectivity index (χ4n) is 3.09. The largest absolute Gasteiger partial charge is 0.392 e. The van der Waals surface area contributed by atoms with Crippen LogP contribution in [-0.4, -0.2) is 71.7 Å². The quantitative estimate of drug-likeness (QED) is 0.800. The van der Waals surface area contributed by atoms with Gasteiger partial charge in [0.2, 0.25) is 5.91 Å². The summed E-state index contributed by atoms with van der Waals surface area (Å²) in [6, 6.07) is 0.361. The van der Waals surface area contributed by atoms with Gasteiger partial charge in [0.1, 0.15) is 0 Å². The van der Waals surface area contributed by atoms with Crippen LogP contribution >= 0.6 is 24.8 Å². The zero-order valence-electron chi connectivity index (χ0n) is 13.0. The van der Waals surface area contributed by atoms with E-state index in [1.165, 1.54) is 6.42 Å². The van der Waals surface area contributed by atoms with Crippen LogP contribution in [-0.2, 0) is 4.79 Å². The lowest BCUT2D eigenvalue weighted by Crippen LogP contribution is -2.58. The van der Waals surface area contributed by atoms with Crippen molar-refractivity contribution < 1.29 is 9.90 Å². The van der Waals surface area contributed by atoms with Crippen molar-refractivity contribution >= 4 is 30.7 Å².